The number of thiophene rings is 1. The number of carboxylic acid groups (broad SMARTS) is 1. The minimum absolute atomic E-state index is 0.0290. The number of carbonyl (C=O) groups excluding carboxylic acids is 1. The number of carbonyl (C=O) groups is 2. The van der Waals surface area contributed by atoms with E-state index in [1.165, 1.54) is 11.3 Å². The number of aryl methyl sites for hydroxylation is 2. The van der Waals surface area contributed by atoms with Crippen molar-refractivity contribution in [3.63, 3.8) is 0 Å². The van der Waals surface area contributed by atoms with Crippen molar-refractivity contribution < 1.29 is 19.2 Å². The zero-order chi connectivity index (χ0) is 15.9. The second-order valence-electron chi connectivity index (χ2n) is 5.43. The summed E-state index contributed by atoms with van der Waals surface area (Å²) >= 11 is 1.47. The maximum Gasteiger partial charge on any atom is 0.309 e. The zero-order valence-electron chi connectivity index (χ0n) is 12.3. The van der Waals surface area contributed by atoms with Gasteiger partial charge >= 0.3 is 5.97 Å². The Hall–Kier alpha value is -2.15. The molecule has 1 amide bonds. The highest BCUT2D eigenvalue weighted by Gasteiger charge is 2.45. The zero-order valence-corrected chi connectivity index (χ0v) is 13.1. The van der Waals surface area contributed by atoms with Gasteiger partial charge in [0.15, 0.2) is 0 Å². The van der Waals surface area contributed by atoms with E-state index in [2.05, 4.69) is 5.16 Å². The smallest absolute Gasteiger partial charge is 0.309 e. The molecule has 2 aromatic rings. The van der Waals surface area contributed by atoms with Crippen molar-refractivity contribution in [1.82, 2.24) is 10.1 Å². The summed E-state index contributed by atoms with van der Waals surface area (Å²) in [5.74, 6) is -1.14. The Kier molecular flexibility index (Phi) is 3.74. The molecule has 0 saturated carbocycles. The van der Waals surface area contributed by atoms with Crippen LogP contribution in [0.15, 0.2) is 22.0 Å². The Morgan fingerprint density at radius 2 is 2.32 bits per heavy atom. The summed E-state index contributed by atoms with van der Waals surface area (Å²) in [7, 11) is 0. The van der Waals surface area contributed by atoms with Gasteiger partial charge in [-0.15, -0.1) is 11.3 Å². The van der Waals surface area contributed by atoms with Crippen LogP contribution < -0.4 is 0 Å². The molecule has 1 fully saturated rings. The predicted octanol–water partition coefficient (Wildman–Crippen LogP) is 2.53. The number of likely N-dealkylation sites (tertiary alicyclic amines) is 1. The van der Waals surface area contributed by atoms with Gasteiger partial charge in [-0.1, -0.05) is 11.2 Å². The molecule has 2 atom stereocenters. The van der Waals surface area contributed by atoms with E-state index >= 15 is 0 Å². The molecule has 116 valence electrons. The molecule has 1 aliphatic heterocycles. The van der Waals surface area contributed by atoms with Crippen LogP contribution in [0.2, 0.25) is 0 Å². The average Bonchev–Trinajstić information content (AvgIpc) is 3.15. The van der Waals surface area contributed by atoms with Gasteiger partial charge in [-0.3, -0.25) is 9.59 Å². The van der Waals surface area contributed by atoms with E-state index in [0.717, 1.165) is 16.1 Å². The lowest BCUT2D eigenvalue weighted by atomic mass is 9.99. The minimum atomic E-state index is -0.937. The van der Waals surface area contributed by atoms with Crippen molar-refractivity contribution in [2.75, 3.05) is 0 Å². The summed E-state index contributed by atoms with van der Waals surface area (Å²) in [6.07, 6.45) is 0.0290. The molecular formula is C15H16N2O4S. The van der Waals surface area contributed by atoms with Crippen molar-refractivity contribution >= 4 is 23.2 Å². The molecule has 0 bridgehead atoms. The molecule has 1 aliphatic rings. The molecule has 0 radical (unpaired) electrons. The van der Waals surface area contributed by atoms with E-state index < -0.39 is 17.9 Å². The molecule has 22 heavy (non-hydrogen) atoms. The maximum absolute atomic E-state index is 12.4. The first-order valence-corrected chi connectivity index (χ1v) is 7.84. The lowest BCUT2D eigenvalue weighted by Gasteiger charge is -2.26. The summed E-state index contributed by atoms with van der Waals surface area (Å²) < 4.78 is 5.14. The van der Waals surface area contributed by atoms with Gasteiger partial charge in [-0.25, -0.2) is 0 Å². The largest absolute Gasteiger partial charge is 0.481 e. The third-order valence-electron chi connectivity index (χ3n) is 4.09. The van der Waals surface area contributed by atoms with E-state index in [1.807, 2.05) is 24.4 Å². The number of aliphatic carboxylic acids is 1. The molecule has 1 N–H and O–H groups in total. The number of amides is 1. The molecule has 6 nitrogen and oxygen atoms in total. The fourth-order valence-corrected chi connectivity index (χ4v) is 3.81. The quantitative estimate of drug-likeness (QED) is 0.936. The maximum atomic E-state index is 12.4. The predicted molar refractivity (Wildman–Crippen MR) is 79.3 cm³/mol. The topological polar surface area (TPSA) is 83.6 Å². The fourth-order valence-electron chi connectivity index (χ4n) is 2.91. The summed E-state index contributed by atoms with van der Waals surface area (Å²) in [5, 5.41) is 15.2. The average molecular weight is 320 g/mol. The van der Waals surface area contributed by atoms with Crippen LogP contribution in [0.4, 0.5) is 0 Å². The monoisotopic (exact) mass is 320 g/mol. The van der Waals surface area contributed by atoms with Gasteiger partial charge in [0, 0.05) is 16.9 Å². The highest BCUT2D eigenvalue weighted by Crippen LogP contribution is 2.41. The Morgan fingerprint density at radius 3 is 2.86 bits per heavy atom. The molecule has 3 heterocycles. The van der Waals surface area contributed by atoms with Gasteiger partial charge in [-0.2, -0.15) is 0 Å². The highest BCUT2D eigenvalue weighted by atomic mass is 32.1. The van der Waals surface area contributed by atoms with Crippen molar-refractivity contribution in [3.8, 4) is 0 Å². The normalized spacial score (nSPS) is 21.5. The SMILES string of the molecule is Cc1noc(C)c1CN1C(=O)C[C@H](C(=O)O)[C@H]1c1cccs1. The van der Waals surface area contributed by atoms with E-state index in [-0.39, 0.29) is 12.3 Å². The van der Waals surface area contributed by atoms with E-state index in [9.17, 15) is 14.7 Å². The van der Waals surface area contributed by atoms with Crippen LogP contribution in [0.1, 0.15) is 34.4 Å². The molecule has 1 saturated heterocycles. The van der Waals surface area contributed by atoms with Crippen LogP contribution in [0, 0.1) is 19.8 Å². The number of aromatic nitrogens is 1. The molecular weight excluding hydrogens is 304 g/mol. The Morgan fingerprint density at radius 1 is 1.55 bits per heavy atom. The summed E-state index contributed by atoms with van der Waals surface area (Å²) in [5.41, 5.74) is 1.58. The van der Waals surface area contributed by atoms with E-state index in [0.29, 0.717) is 12.3 Å². The van der Waals surface area contributed by atoms with Crippen LogP contribution >= 0.6 is 11.3 Å². The van der Waals surface area contributed by atoms with Crippen LogP contribution in [0.3, 0.4) is 0 Å². The lowest BCUT2D eigenvalue weighted by molar-refractivity contribution is -0.142. The second-order valence-corrected chi connectivity index (χ2v) is 6.41. The van der Waals surface area contributed by atoms with Gasteiger partial charge < -0.3 is 14.5 Å². The summed E-state index contributed by atoms with van der Waals surface area (Å²) in [6.45, 7) is 3.94. The molecule has 0 unspecified atom stereocenters. The number of hydrogen-bond acceptors (Lipinski definition) is 5. The minimum Gasteiger partial charge on any atom is -0.481 e. The lowest BCUT2D eigenvalue weighted by Crippen LogP contribution is -2.30. The Bertz CT molecular complexity index is 688. The van der Waals surface area contributed by atoms with Crippen molar-refractivity contribution in [3.05, 3.63) is 39.4 Å². The number of nitrogens with zero attached hydrogens (tertiary/aromatic N) is 2. The third kappa shape index (κ3) is 2.41. The highest BCUT2D eigenvalue weighted by molar-refractivity contribution is 7.10. The molecule has 7 heteroatoms. The fraction of sp³-hybridized carbons (Fsp3) is 0.400. The van der Waals surface area contributed by atoms with E-state index in [4.69, 9.17) is 4.52 Å². The first-order valence-electron chi connectivity index (χ1n) is 6.96. The number of carboxylic acids is 1. The molecule has 0 spiro atoms. The van der Waals surface area contributed by atoms with Crippen molar-refractivity contribution in [2.24, 2.45) is 5.92 Å². The molecule has 0 aliphatic carbocycles. The van der Waals surface area contributed by atoms with Crippen molar-refractivity contribution in [2.45, 2.75) is 32.9 Å². The van der Waals surface area contributed by atoms with Gasteiger partial charge in [0.05, 0.1) is 24.2 Å². The number of rotatable bonds is 4. The first-order chi connectivity index (χ1) is 10.5. The van der Waals surface area contributed by atoms with Gasteiger partial charge in [0.2, 0.25) is 5.91 Å². The Balaban J connectivity index is 1.97. The molecule has 2 aromatic heterocycles. The van der Waals surface area contributed by atoms with Gasteiger partial charge in [0.25, 0.3) is 0 Å². The van der Waals surface area contributed by atoms with Crippen LogP contribution in [-0.4, -0.2) is 27.0 Å². The van der Waals surface area contributed by atoms with Crippen LogP contribution in [0.5, 0.6) is 0 Å². The first kappa shape index (κ1) is 14.8. The molecule has 3 rings (SSSR count). The van der Waals surface area contributed by atoms with Crippen LogP contribution in [0.25, 0.3) is 0 Å². The van der Waals surface area contributed by atoms with Crippen molar-refractivity contribution in [1.29, 1.82) is 0 Å². The standard InChI is InChI=1S/C15H16N2O4S/c1-8-11(9(2)21-16-8)7-17-13(18)6-10(15(19)20)14(17)12-4-3-5-22-12/h3-5,10,14H,6-7H2,1-2H3,(H,19,20)/t10-,14-/m0/s1. The van der Waals surface area contributed by atoms with E-state index in [1.54, 1.807) is 11.8 Å². The third-order valence-corrected chi connectivity index (χ3v) is 5.04. The summed E-state index contributed by atoms with van der Waals surface area (Å²) in [6, 6.07) is 3.32. The van der Waals surface area contributed by atoms with Gasteiger partial charge in [0.1, 0.15) is 5.76 Å². The van der Waals surface area contributed by atoms with Crippen LogP contribution in [-0.2, 0) is 16.1 Å². The second kappa shape index (κ2) is 5.57. The number of hydrogen-bond donors (Lipinski definition) is 1. The van der Waals surface area contributed by atoms with Gasteiger partial charge in [-0.05, 0) is 25.3 Å². The summed E-state index contributed by atoms with van der Waals surface area (Å²) in [4.78, 5) is 26.4. The Labute approximate surface area is 131 Å². The molecule has 0 aromatic carbocycles.